The summed E-state index contributed by atoms with van der Waals surface area (Å²) >= 11 is 2.98. The first kappa shape index (κ1) is 19.2. The number of anilines is 1. The van der Waals surface area contributed by atoms with Gasteiger partial charge in [-0.15, -0.1) is 11.3 Å². The van der Waals surface area contributed by atoms with E-state index < -0.39 is 10.2 Å². The molecule has 0 aliphatic carbocycles. The Morgan fingerprint density at radius 3 is 2.74 bits per heavy atom. The molecule has 3 aromatic rings. The van der Waals surface area contributed by atoms with Crippen LogP contribution >= 0.6 is 23.1 Å². The number of aromatic nitrogens is 2. The summed E-state index contributed by atoms with van der Waals surface area (Å²) in [4.78, 5) is 34.1. The third-order valence-corrected chi connectivity index (χ3v) is 6.28. The first-order chi connectivity index (χ1) is 12.8. The predicted molar refractivity (Wildman–Crippen MR) is 109 cm³/mol. The molecule has 1 aromatic carbocycles. The van der Waals surface area contributed by atoms with Gasteiger partial charge in [-0.1, -0.05) is 17.8 Å². The van der Waals surface area contributed by atoms with Crippen molar-refractivity contribution in [1.29, 1.82) is 0 Å². The minimum absolute atomic E-state index is 0.0642. The maximum atomic E-state index is 12.6. The lowest BCUT2D eigenvalue weighted by Crippen LogP contribution is -2.22. The van der Waals surface area contributed by atoms with Crippen LogP contribution in [0.3, 0.4) is 0 Å². The smallest absolute Gasteiger partial charge is 0.271 e. The highest BCUT2D eigenvalue weighted by Crippen LogP contribution is 2.36. The van der Waals surface area contributed by atoms with Gasteiger partial charge >= 0.3 is 0 Å². The van der Waals surface area contributed by atoms with Gasteiger partial charge in [0.05, 0.1) is 10.2 Å². The van der Waals surface area contributed by atoms with E-state index in [9.17, 15) is 14.9 Å². The highest BCUT2D eigenvalue weighted by atomic mass is 32.2. The van der Waals surface area contributed by atoms with Gasteiger partial charge in [0.1, 0.15) is 15.7 Å². The van der Waals surface area contributed by atoms with Crippen LogP contribution in [-0.4, -0.2) is 26.0 Å². The second-order valence-corrected chi connectivity index (χ2v) is 8.63. The molecule has 1 amide bonds. The third-order valence-electron chi connectivity index (χ3n) is 4.09. The Bertz CT molecular complexity index is 1050. The number of amides is 1. The summed E-state index contributed by atoms with van der Waals surface area (Å²) in [5.41, 5.74) is 1.46. The van der Waals surface area contributed by atoms with E-state index in [1.54, 1.807) is 30.4 Å². The van der Waals surface area contributed by atoms with Gasteiger partial charge in [-0.05, 0) is 39.3 Å². The number of nitro groups is 1. The van der Waals surface area contributed by atoms with Crippen LogP contribution in [0.2, 0.25) is 0 Å². The number of thioether (sulfide) groups is 1. The van der Waals surface area contributed by atoms with Gasteiger partial charge in [-0.3, -0.25) is 14.9 Å². The fraction of sp³-hybridized carbons (Fsp3) is 0.278. The highest BCUT2D eigenvalue weighted by Gasteiger charge is 2.20. The van der Waals surface area contributed by atoms with Gasteiger partial charge < -0.3 is 5.32 Å². The summed E-state index contributed by atoms with van der Waals surface area (Å²) in [6.07, 6.45) is 0. The standard InChI is InChI=1S/C18H18N4O3S2/c1-9-10(2)26-17-15(9)18(20-12(4)19-17)27-11(3)16(23)21-13-6-5-7-14(8-13)22(24)25/h5-8,11H,1-4H3,(H,21,23). The van der Waals surface area contributed by atoms with Crippen LogP contribution in [0.1, 0.15) is 23.2 Å². The number of hydrogen-bond donors (Lipinski definition) is 1. The van der Waals surface area contributed by atoms with Crippen molar-refractivity contribution in [3.63, 3.8) is 0 Å². The lowest BCUT2D eigenvalue weighted by molar-refractivity contribution is -0.384. The average molecular weight is 403 g/mol. The van der Waals surface area contributed by atoms with E-state index in [-0.39, 0.29) is 11.6 Å². The van der Waals surface area contributed by atoms with Crippen molar-refractivity contribution in [1.82, 2.24) is 9.97 Å². The SMILES string of the molecule is Cc1nc(SC(C)C(=O)Nc2cccc([N+](=O)[O-])c2)c2c(C)c(C)sc2n1. The Morgan fingerprint density at radius 2 is 2.04 bits per heavy atom. The molecule has 0 bridgehead atoms. The number of benzene rings is 1. The van der Waals surface area contributed by atoms with E-state index in [0.29, 0.717) is 11.5 Å². The molecule has 1 atom stereocenters. The molecular formula is C18H18N4O3S2. The zero-order valence-corrected chi connectivity index (χ0v) is 16.9. The van der Waals surface area contributed by atoms with E-state index in [1.165, 1.54) is 28.8 Å². The zero-order valence-electron chi connectivity index (χ0n) is 15.3. The second-order valence-electron chi connectivity index (χ2n) is 6.10. The molecular weight excluding hydrogens is 384 g/mol. The van der Waals surface area contributed by atoms with E-state index in [0.717, 1.165) is 20.8 Å². The molecule has 7 nitrogen and oxygen atoms in total. The van der Waals surface area contributed by atoms with Crippen molar-refractivity contribution in [3.8, 4) is 0 Å². The number of hydrogen-bond acceptors (Lipinski definition) is 7. The number of nitrogens with zero attached hydrogens (tertiary/aromatic N) is 3. The van der Waals surface area contributed by atoms with Crippen LogP contribution in [0.4, 0.5) is 11.4 Å². The Morgan fingerprint density at radius 1 is 1.30 bits per heavy atom. The number of aryl methyl sites for hydroxylation is 3. The van der Waals surface area contributed by atoms with Crippen LogP contribution in [-0.2, 0) is 4.79 Å². The molecule has 0 saturated carbocycles. The molecule has 0 saturated heterocycles. The van der Waals surface area contributed by atoms with Crippen LogP contribution in [0.5, 0.6) is 0 Å². The van der Waals surface area contributed by atoms with Gasteiger partial charge in [-0.2, -0.15) is 0 Å². The number of nitro benzene ring substituents is 1. The van der Waals surface area contributed by atoms with Gasteiger partial charge in [-0.25, -0.2) is 9.97 Å². The minimum atomic E-state index is -0.490. The van der Waals surface area contributed by atoms with E-state index in [2.05, 4.69) is 15.3 Å². The summed E-state index contributed by atoms with van der Waals surface area (Å²) in [6, 6.07) is 5.90. The molecule has 3 rings (SSSR count). The minimum Gasteiger partial charge on any atom is -0.325 e. The topological polar surface area (TPSA) is 98.0 Å². The first-order valence-corrected chi connectivity index (χ1v) is 9.92. The molecule has 0 fully saturated rings. The van der Waals surface area contributed by atoms with Crippen molar-refractivity contribution in [3.05, 3.63) is 50.6 Å². The van der Waals surface area contributed by atoms with Crippen molar-refractivity contribution < 1.29 is 9.72 Å². The second kappa shape index (κ2) is 7.61. The van der Waals surface area contributed by atoms with E-state index in [4.69, 9.17) is 0 Å². The number of non-ortho nitro benzene ring substituents is 1. The van der Waals surface area contributed by atoms with Crippen molar-refractivity contribution >= 4 is 50.6 Å². The molecule has 1 N–H and O–H groups in total. The maximum Gasteiger partial charge on any atom is 0.271 e. The molecule has 0 spiro atoms. The monoisotopic (exact) mass is 402 g/mol. The molecule has 2 heterocycles. The largest absolute Gasteiger partial charge is 0.325 e. The van der Waals surface area contributed by atoms with Gasteiger partial charge in [0.2, 0.25) is 5.91 Å². The van der Waals surface area contributed by atoms with Crippen molar-refractivity contribution in [2.45, 2.75) is 38.0 Å². The molecule has 0 aliphatic heterocycles. The van der Waals surface area contributed by atoms with Crippen molar-refractivity contribution in [2.75, 3.05) is 5.32 Å². The number of carbonyl (C=O) groups excluding carboxylic acids is 1. The molecule has 0 radical (unpaired) electrons. The quantitative estimate of drug-likeness (QED) is 0.289. The summed E-state index contributed by atoms with van der Waals surface area (Å²) in [6.45, 7) is 7.70. The summed E-state index contributed by atoms with van der Waals surface area (Å²) in [5, 5.41) is 15.0. The Hall–Kier alpha value is -2.52. The van der Waals surface area contributed by atoms with Gasteiger partial charge in [0.25, 0.3) is 5.69 Å². The number of nitrogens with one attached hydrogen (secondary N) is 1. The third kappa shape index (κ3) is 4.09. The molecule has 2 aromatic heterocycles. The summed E-state index contributed by atoms with van der Waals surface area (Å²) in [5.74, 6) is 0.423. The molecule has 0 aliphatic rings. The van der Waals surface area contributed by atoms with Crippen LogP contribution in [0.25, 0.3) is 10.2 Å². The lowest BCUT2D eigenvalue weighted by Gasteiger charge is -2.13. The molecule has 9 heteroatoms. The van der Waals surface area contributed by atoms with Gasteiger partial charge in [0, 0.05) is 28.1 Å². The normalized spacial score (nSPS) is 12.1. The fourth-order valence-corrected chi connectivity index (χ4v) is 4.75. The number of fused-ring (bicyclic) bond motifs is 1. The number of rotatable bonds is 5. The molecule has 140 valence electrons. The fourth-order valence-electron chi connectivity index (χ4n) is 2.56. The zero-order chi connectivity index (χ0) is 19.7. The lowest BCUT2D eigenvalue weighted by atomic mass is 10.2. The summed E-state index contributed by atoms with van der Waals surface area (Å²) < 4.78 is 0. The molecule has 27 heavy (non-hydrogen) atoms. The number of thiophene rings is 1. The molecule has 1 unspecified atom stereocenters. The van der Waals surface area contributed by atoms with Crippen molar-refractivity contribution in [2.24, 2.45) is 0 Å². The van der Waals surface area contributed by atoms with Crippen LogP contribution in [0, 0.1) is 30.9 Å². The maximum absolute atomic E-state index is 12.6. The highest BCUT2D eigenvalue weighted by molar-refractivity contribution is 8.00. The first-order valence-electron chi connectivity index (χ1n) is 8.22. The number of carbonyl (C=O) groups is 1. The average Bonchev–Trinajstić information content (AvgIpc) is 2.89. The van der Waals surface area contributed by atoms with Crippen LogP contribution in [0.15, 0.2) is 29.3 Å². The predicted octanol–water partition coefficient (Wildman–Crippen LogP) is 4.64. The van der Waals surface area contributed by atoms with E-state index >= 15 is 0 Å². The Labute approximate surface area is 164 Å². The van der Waals surface area contributed by atoms with E-state index in [1.807, 2.05) is 20.8 Å². The Kier molecular flexibility index (Phi) is 5.43. The summed E-state index contributed by atoms with van der Waals surface area (Å²) in [7, 11) is 0. The van der Waals surface area contributed by atoms with Gasteiger partial charge in [0.15, 0.2) is 0 Å². The van der Waals surface area contributed by atoms with Crippen LogP contribution < -0.4 is 5.32 Å². The Balaban J connectivity index is 1.82.